The quantitative estimate of drug-likeness (QED) is 0.894. The van der Waals surface area contributed by atoms with Gasteiger partial charge in [-0.3, -0.25) is 4.79 Å². The van der Waals surface area contributed by atoms with Gasteiger partial charge in [-0.2, -0.15) is 5.26 Å². The lowest BCUT2D eigenvalue weighted by atomic mass is 9.86. The highest BCUT2D eigenvalue weighted by Gasteiger charge is 2.27. The summed E-state index contributed by atoms with van der Waals surface area (Å²) in [6.45, 7) is 3.92. The number of rotatable bonds is 2. The van der Waals surface area contributed by atoms with Crippen LogP contribution in [-0.4, -0.2) is 12.1 Å². The van der Waals surface area contributed by atoms with Gasteiger partial charge in [0.2, 0.25) is 0 Å². The summed E-state index contributed by atoms with van der Waals surface area (Å²) in [6, 6.07) is 7.40. The van der Waals surface area contributed by atoms with E-state index in [2.05, 4.69) is 16.4 Å². The van der Waals surface area contributed by atoms with Crippen LogP contribution in [0.4, 0.5) is 5.69 Å². The number of anilines is 1. The molecule has 2 aromatic rings. The number of benzene rings is 1. The lowest BCUT2D eigenvalue weighted by Gasteiger charge is -2.26. The third-order valence-electron chi connectivity index (χ3n) is 4.08. The molecule has 1 atom stereocenters. The van der Waals surface area contributed by atoms with Crippen LogP contribution in [0.3, 0.4) is 0 Å². The third-order valence-corrected chi connectivity index (χ3v) is 4.08. The van der Waals surface area contributed by atoms with Gasteiger partial charge in [-0.15, -0.1) is 0 Å². The molecule has 116 valence electrons. The normalized spacial score (nSPS) is 15.9. The molecule has 3 rings (SSSR count). The molecule has 5 heteroatoms. The van der Waals surface area contributed by atoms with Crippen LogP contribution in [0.2, 0.25) is 0 Å². The predicted octanol–water partition coefficient (Wildman–Crippen LogP) is 3.02. The van der Waals surface area contributed by atoms with Crippen molar-refractivity contribution < 1.29 is 4.74 Å². The number of ether oxygens (including phenoxy) is 1. The number of nitrogens with one attached hydrogen (secondary N) is 2. The molecule has 23 heavy (non-hydrogen) atoms. The average Bonchev–Trinajstić information content (AvgIpc) is 2.57. The van der Waals surface area contributed by atoms with Gasteiger partial charge < -0.3 is 15.0 Å². The van der Waals surface area contributed by atoms with Crippen LogP contribution < -0.4 is 15.6 Å². The number of nitrogens with zero attached hydrogens (tertiary/aromatic N) is 1. The van der Waals surface area contributed by atoms with Crippen LogP contribution in [0.25, 0.3) is 0 Å². The van der Waals surface area contributed by atoms with Crippen molar-refractivity contribution in [2.45, 2.75) is 19.8 Å². The topological polar surface area (TPSA) is 77.9 Å². The zero-order valence-electron chi connectivity index (χ0n) is 13.2. The second-order valence-corrected chi connectivity index (χ2v) is 5.61. The van der Waals surface area contributed by atoms with Crippen molar-refractivity contribution in [3.8, 4) is 11.8 Å². The van der Waals surface area contributed by atoms with Crippen molar-refractivity contribution in [2.75, 3.05) is 12.4 Å². The summed E-state index contributed by atoms with van der Waals surface area (Å²) in [5.41, 5.74) is 4.72. The molecular weight excluding hydrogens is 290 g/mol. The SMILES string of the molecule is COc1cc(C#N)ccc1[C@@H]1C=C(C)Nc2c(C)c[nH]c(=O)c21. The first-order chi connectivity index (χ1) is 11.0. The standard InChI is InChI=1S/C18H17N3O2/c1-10-9-20-18(22)16-14(6-11(2)21-17(10)16)13-5-4-12(8-19)7-15(13)23-3/h4-7,9,14,21H,1-3H3,(H,20,22)/t14-/m0/s1. The molecule has 0 bridgehead atoms. The second-order valence-electron chi connectivity index (χ2n) is 5.61. The van der Waals surface area contributed by atoms with Gasteiger partial charge in [0.1, 0.15) is 5.75 Å². The molecule has 0 fully saturated rings. The first kappa shape index (κ1) is 14.9. The first-order valence-corrected chi connectivity index (χ1v) is 7.30. The lowest BCUT2D eigenvalue weighted by Crippen LogP contribution is -2.23. The van der Waals surface area contributed by atoms with Crippen LogP contribution in [0, 0.1) is 18.3 Å². The fourth-order valence-electron chi connectivity index (χ4n) is 2.97. The maximum Gasteiger partial charge on any atom is 0.254 e. The van der Waals surface area contributed by atoms with Crippen LogP contribution in [0.1, 0.15) is 35.1 Å². The summed E-state index contributed by atoms with van der Waals surface area (Å²) in [5.74, 6) is 0.379. The van der Waals surface area contributed by atoms with Gasteiger partial charge >= 0.3 is 0 Å². The number of pyridine rings is 1. The molecule has 0 saturated carbocycles. The Labute approximate surface area is 134 Å². The molecule has 1 aliphatic rings. The van der Waals surface area contributed by atoms with Crippen LogP contribution in [0.5, 0.6) is 5.75 Å². The van der Waals surface area contributed by atoms with E-state index < -0.39 is 0 Å². The Morgan fingerprint density at radius 3 is 2.78 bits per heavy atom. The Morgan fingerprint density at radius 1 is 1.30 bits per heavy atom. The first-order valence-electron chi connectivity index (χ1n) is 7.30. The fourth-order valence-corrected chi connectivity index (χ4v) is 2.97. The van der Waals surface area contributed by atoms with Crippen LogP contribution >= 0.6 is 0 Å². The molecule has 0 spiro atoms. The maximum absolute atomic E-state index is 12.4. The minimum Gasteiger partial charge on any atom is -0.496 e. The minimum absolute atomic E-state index is 0.127. The van der Waals surface area contributed by atoms with Gasteiger partial charge in [0.25, 0.3) is 5.56 Å². The maximum atomic E-state index is 12.4. The van der Waals surface area contributed by atoms with Crippen LogP contribution in [-0.2, 0) is 0 Å². The van der Waals surface area contributed by atoms with Gasteiger partial charge in [-0.25, -0.2) is 0 Å². The highest BCUT2D eigenvalue weighted by Crippen LogP contribution is 2.39. The molecule has 1 aliphatic heterocycles. The summed E-state index contributed by atoms with van der Waals surface area (Å²) in [4.78, 5) is 15.2. The molecular formula is C18H17N3O2. The predicted molar refractivity (Wildman–Crippen MR) is 88.7 cm³/mol. The van der Waals surface area contributed by atoms with Gasteiger partial charge in [0.05, 0.1) is 30.0 Å². The van der Waals surface area contributed by atoms with Crippen molar-refractivity contribution in [3.63, 3.8) is 0 Å². The van der Waals surface area contributed by atoms with E-state index in [9.17, 15) is 4.79 Å². The highest BCUT2D eigenvalue weighted by atomic mass is 16.5. The van der Waals surface area contributed by atoms with Gasteiger partial charge in [0.15, 0.2) is 0 Å². The monoisotopic (exact) mass is 307 g/mol. The van der Waals surface area contributed by atoms with E-state index in [1.165, 1.54) is 0 Å². The molecule has 1 aromatic heterocycles. The van der Waals surface area contributed by atoms with E-state index >= 15 is 0 Å². The van der Waals surface area contributed by atoms with Gasteiger partial charge in [-0.1, -0.05) is 12.1 Å². The van der Waals surface area contributed by atoms with Crippen LogP contribution in [0.15, 0.2) is 41.0 Å². The fraction of sp³-hybridized carbons (Fsp3) is 0.222. The van der Waals surface area contributed by atoms with Crippen molar-refractivity contribution in [3.05, 3.63) is 68.8 Å². The number of fused-ring (bicyclic) bond motifs is 1. The largest absolute Gasteiger partial charge is 0.496 e. The smallest absolute Gasteiger partial charge is 0.254 e. The van der Waals surface area contributed by atoms with E-state index in [1.807, 2.05) is 26.0 Å². The number of aryl methyl sites for hydroxylation is 1. The van der Waals surface area contributed by atoms with Gasteiger partial charge in [-0.05, 0) is 31.5 Å². The molecule has 0 amide bonds. The molecule has 0 radical (unpaired) electrons. The Balaban J connectivity index is 2.26. The number of hydrogen-bond donors (Lipinski definition) is 2. The molecule has 5 nitrogen and oxygen atoms in total. The summed E-state index contributed by atoms with van der Waals surface area (Å²) in [5, 5.41) is 12.3. The number of nitriles is 1. The summed E-state index contributed by atoms with van der Waals surface area (Å²) in [6.07, 6.45) is 3.71. The zero-order valence-corrected chi connectivity index (χ0v) is 13.2. The Kier molecular flexibility index (Phi) is 3.67. The van der Waals surface area contributed by atoms with E-state index in [-0.39, 0.29) is 11.5 Å². The van der Waals surface area contributed by atoms with Gasteiger partial charge in [0, 0.05) is 23.4 Å². The summed E-state index contributed by atoms with van der Waals surface area (Å²) < 4.78 is 5.45. The average molecular weight is 307 g/mol. The summed E-state index contributed by atoms with van der Waals surface area (Å²) in [7, 11) is 1.57. The highest BCUT2D eigenvalue weighted by molar-refractivity contribution is 5.67. The number of H-pyrrole nitrogens is 1. The zero-order chi connectivity index (χ0) is 16.6. The van der Waals surface area contributed by atoms with E-state index in [0.29, 0.717) is 16.9 Å². The molecule has 1 aromatic carbocycles. The van der Waals surface area contributed by atoms with Crippen molar-refractivity contribution >= 4 is 5.69 Å². The van der Waals surface area contributed by atoms with E-state index in [4.69, 9.17) is 10.00 Å². The molecule has 0 saturated heterocycles. The Hall–Kier alpha value is -3.00. The van der Waals surface area contributed by atoms with Crippen molar-refractivity contribution in [1.82, 2.24) is 4.98 Å². The van der Waals surface area contributed by atoms with Crippen molar-refractivity contribution in [1.29, 1.82) is 5.26 Å². The summed E-state index contributed by atoms with van der Waals surface area (Å²) >= 11 is 0. The lowest BCUT2D eigenvalue weighted by molar-refractivity contribution is 0.409. The molecule has 2 N–H and O–H groups in total. The molecule has 0 aliphatic carbocycles. The third kappa shape index (κ3) is 2.49. The van der Waals surface area contributed by atoms with E-state index in [1.54, 1.807) is 25.4 Å². The number of hydrogen-bond acceptors (Lipinski definition) is 4. The van der Waals surface area contributed by atoms with E-state index in [0.717, 1.165) is 22.5 Å². The van der Waals surface area contributed by atoms with Crippen molar-refractivity contribution in [2.24, 2.45) is 0 Å². The number of aromatic nitrogens is 1. The Bertz CT molecular complexity index is 903. The minimum atomic E-state index is -0.224. The number of allylic oxidation sites excluding steroid dienone is 2. The molecule has 2 heterocycles. The number of aromatic amines is 1. The second kappa shape index (κ2) is 5.65. The molecule has 0 unspecified atom stereocenters. The number of methoxy groups -OCH3 is 1. The Morgan fingerprint density at radius 2 is 2.09 bits per heavy atom.